The summed E-state index contributed by atoms with van der Waals surface area (Å²) in [6.45, 7) is 2.44. The molecule has 2 amide bonds. The Hall–Kier alpha value is -3.92. The van der Waals surface area contributed by atoms with Crippen LogP contribution >= 0.6 is 11.6 Å². The van der Waals surface area contributed by atoms with Gasteiger partial charge in [0.25, 0.3) is 11.5 Å². The minimum absolute atomic E-state index is 0.0865. The van der Waals surface area contributed by atoms with Crippen LogP contribution in [0, 0.1) is 0 Å². The molecule has 0 saturated carbocycles. The zero-order chi connectivity index (χ0) is 25.8. The fraction of sp³-hybridized carbons (Fsp3) is 0.320. The average Bonchev–Trinajstić information content (AvgIpc) is 3.09. The van der Waals surface area contributed by atoms with Crippen LogP contribution in [0.5, 0.6) is 5.75 Å². The van der Waals surface area contributed by atoms with E-state index in [4.69, 9.17) is 26.1 Å². The lowest BCUT2D eigenvalue weighted by Gasteiger charge is -2.31. The fourth-order valence-electron chi connectivity index (χ4n) is 4.13. The molecule has 0 aliphatic carbocycles. The maximum Gasteiger partial charge on any atom is 0.409 e. The molecule has 1 atom stereocenters. The lowest BCUT2D eigenvalue weighted by Crippen LogP contribution is -2.42. The van der Waals surface area contributed by atoms with Crippen LogP contribution in [-0.2, 0) is 11.3 Å². The number of benzene rings is 1. The molecule has 10 nitrogen and oxygen atoms in total. The monoisotopic (exact) mass is 511 g/mol. The molecule has 0 saturated heterocycles. The van der Waals surface area contributed by atoms with Crippen molar-refractivity contribution in [1.29, 1.82) is 0 Å². The molecule has 0 bridgehead atoms. The molecule has 188 valence electrons. The van der Waals surface area contributed by atoms with Gasteiger partial charge in [-0.25, -0.2) is 9.78 Å². The van der Waals surface area contributed by atoms with Gasteiger partial charge < -0.3 is 19.3 Å². The van der Waals surface area contributed by atoms with Crippen LogP contribution in [0.1, 0.15) is 29.1 Å². The van der Waals surface area contributed by atoms with E-state index in [0.29, 0.717) is 27.9 Å². The number of hydrogen-bond acceptors (Lipinski definition) is 7. The fourth-order valence-corrected chi connectivity index (χ4v) is 4.29. The predicted octanol–water partition coefficient (Wildman–Crippen LogP) is 3.25. The second-order valence-corrected chi connectivity index (χ2v) is 8.58. The van der Waals surface area contributed by atoms with Gasteiger partial charge in [0.05, 0.1) is 31.5 Å². The van der Waals surface area contributed by atoms with E-state index in [2.05, 4.69) is 4.98 Å². The number of carbonyl (C=O) groups is 2. The third kappa shape index (κ3) is 5.03. The smallest absolute Gasteiger partial charge is 0.409 e. The Kier molecular flexibility index (Phi) is 7.54. The molecule has 1 aromatic carbocycles. The molecule has 0 N–H and O–H groups in total. The predicted molar refractivity (Wildman–Crippen MR) is 133 cm³/mol. The second-order valence-electron chi connectivity index (χ2n) is 8.15. The highest BCUT2D eigenvalue weighted by Crippen LogP contribution is 2.29. The van der Waals surface area contributed by atoms with Crippen molar-refractivity contribution in [3.63, 3.8) is 0 Å². The molecule has 3 aromatic rings. The van der Waals surface area contributed by atoms with Gasteiger partial charge in [0, 0.05) is 49.2 Å². The summed E-state index contributed by atoms with van der Waals surface area (Å²) >= 11 is 6.08. The average molecular weight is 512 g/mol. The summed E-state index contributed by atoms with van der Waals surface area (Å²) in [6, 6.07) is 8.93. The van der Waals surface area contributed by atoms with Crippen molar-refractivity contribution in [1.82, 2.24) is 24.3 Å². The SMILES string of the molecule is CCOC(=O)N1CCn2c(nc(-c3ccncc3)cc2=O)C(N(C)C(=O)c2ccc(Cl)cc2OC)C1. The summed E-state index contributed by atoms with van der Waals surface area (Å²) in [5.74, 6) is 0.297. The van der Waals surface area contributed by atoms with Crippen LogP contribution in [0.2, 0.25) is 5.02 Å². The van der Waals surface area contributed by atoms with Crippen molar-refractivity contribution >= 4 is 23.6 Å². The number of ether oxygens (including phenoxy) is 2. The molecule has 0 spiro atoms. The Bertz CT molecular complexity index is 1330. The first-order chi connectivity index (χ1) is 17.3. The maximum absolute atomic E-state index is 13.6. The van der Waals surface area contributed by atoms with E-state index in [1.165, 1.54) is 27.5 Å². The summed E-state index contributed by atoms with van der Waals surface area (Å²) in [5.41, 5.74) is 1.17. The normalized spacial score (nSPS) is 15.0. The Labute approximate surface area is 213 Å². The minimum Gasteiger partial charge on any atom is -0.496 e. The molecule has 11 heteroatoms. The number of methoxy groups -OCH3 is 1. The van der Waals surface area contributed by atoms with Crippen LogP contribution in [0.3, 0.4) is 0 Å². The number of likely N-dealkylation sites (N-methyl/N-ethyl adjacent to an activating group) is 1. The number of halogens is 1. The summed E-state index contributed by atoms with van der Waals surface area (Å²) < 4.78 is 12.1. The maximum atomic E-state index is 13.6. The van der Waals surface area contributed by atoms with Gasteiger partial charge in [-0.1, -0.05) is 11.6 Å². The highest BCUT2D eigenvalue weighted by molar-refractivity contribution is 6.30. The zero-order valence-corrected chi connectivity index (χ0v) is 20.9. The van der Waals surface area contributed by atoms with Crippen LogP contribution in [0.4, 0.5) is 4.79 Å². The number of pyridine rings is 1. The lowest BCUT2D eigenvalue weighted by molar-refractivity contribution is 0.0648. The van der Waals surface area contributed by atoms with E-state index in [-0.39, 0.29) is 43.3 Å². The van der Waals surface area contributed by atoms with Crippen molar-refractivity contribution in [3.8, 4) is 17.0 Å². The molecule has 1 aliphatic rings. The van der Waals surface area contributed by atoms with Crippen LogP contribution in [0.15, 0.2) is 53.6 Å². The summed E-state index contributed by atoms with van der Waals surface area (Å²) in [7, 11) is 3.05. The van der Waals surface area contributed by atoms with E-state index in [1.807, 2.05) is 0 Å². The van der Waals surface area contributed by atoms with E-state index >= 15 is 0 Å². The Morgan fingerprint density at radius 2 is 1.92 bits per heavy atom. The van der Waals surface area contributed by atoms with E-state index in [9.17, 15) is 14.4 Å². The molecule has 0 radical (unpaired) electrons. The van der Waals surface area contributed by atoms with Gasteiger partial charge in [0.1, 0.15) is 17.6 Å². The highest BCUT2D eigenvalue weighted by Gasteiger charge is 2.34. The quantitative estimate of drug-likeness (QED) is 0.517. The van der Waals surface area contributed by atoms with Gasteiger partial charge in [-0.15, -0.1) is 0 Å². The third-order valence-electron chi connectivity index (χ3n) is 6.01. The first-order valence-electron chi connectivity index (χ1n) is 11.4. The lowest BCUT2D eigenvalue weighted by atomic mass is 10.1. The third-order valence-corrected chi connectivity index (χ3v) is 6.24. The zero-order valence-electron chi connectivity index (χ0n) is 20.2. The van der Waals surface area contributed by atoms with Gasteiger partial charge in [-0.05, 0) is 37.3 Å². The molecule has 1 aliphatic heterocycles. The summed E-state index contributed by atoms with van der Waals surface area (Å²) in [6.07, 6.45) is 2.70. The molecular weight excluding hydrogens is 486 g/mol. The highest BCUT2D eigenvalue weighted by atomic mass is 35.5. The Balaban J connectivity index is 1.82. The largest absolute Gasteiger partial charge is 0.496 e. The number of nitrogens with zero attached hydrogens (tertiary/aromatic N) is 5. The number of rotatable bonds is 5. The molecular formula is C25H26ClN5O5. The molecule has 1 unspecified atom stereocenters. The van der Waals surface area contributed by atoms with Crippen molar-refractivity contribution in [3.05, 3.63) is 75.6 Å². The molecule has 3 heterocycles. The van der Waals surface area contributed by atoms with E-state index in [0.717, 1.165) is 0 Å². The first kappa shape index (κ1) is 25.2. The molecule has 36 heavy (non-hydrogen) atoms. The van der Waals surface area contributed by atoms with Crippen molar-refractivity contribution < 1.29 is 19.1 Å². The van der Waals surface area contributed by atoms with Crippen LogP contribution < -0.4 is 10.3 Å². The van der Waals surface area contributed by atoms with Gasteiger partial charge in [0.15, 0.2) is 0 Å². The second kappa shape index (κ2) is 10.8. The van der Waals surface area contributed by atoms with Gasteiger partial charge in [-0.3, -0.25) is 19.1 Å². The topological polar surface area (TPSA) is 107 Å². The van der Waals surface area contributed by atoms with Crippen LogP contribution in [0.25, 0.3) is 11.3 Å². The van der Waals surface area contributed by atoms with Gasteiger partial charge in [0.2, 0.25) is 0 Å². The summed E-state index contributed by atoms with van der Waals surface area (Å²) in [5, 5.41) is 0.426. The number of fused-ring (bicyclic) bond motifs is 1. The number of hydrogen-bond donors (Lipinski definition) is 0. The summed E-state index contributed by atoms with van der Waals surface area (Å²) in [4.78, 5) is 51.3. The first-order valence-corrected chi connectivity index (χ1v) is 11.8. The molecule has 4 rings (SSSR count). The van der Waals surface area contributed by atoms with Crippen molar-refractivity contribution in [2.24, 2.45) is 0 Å². The van der Waals surface area contributed by atoms with E-state index in [1.54, 1.807) is 56.7 Å². The molecule has 2 aromatic heterocycles. The number of amides is 2. The van der Waals surface area contributed by atoms with Gasteiger partial charge in [-0.2, -0.15) is 0 Å². The number of carbonyl (C=O) groups excluding carboxylic acids is 2. The van der Waals surface area contributed by atoms with E-state index < -0.39 is 12.1 Å². The molecule has 0 fully saturated rings. The van der Waals surface area contributed by atoms with Gasteiger partial charge >= 0.3 is 6.09 Å². The van der Waals surface area contributed by atoms with Crippen molar-refractivity contribution in [2.45, 2.75) is 19.5 Å². The number of aromatic nitrogens is 3. The van der Waals surface area contributed by atoms with Crippen molar-refractivity contribution in [2.75, 3.05) is 33.9 Å². The standard InChI is InChI=1S/C25H26ClN5O5/c1-4-36-25(34)30-11-12-31-22(32)14-19(16-7-9-27-10-8-16)28-23(31)20(15-30)29(2)24(33)18-6-5-17(26)13-21(18)35-3/h5-10,13-14,20H,4,11-12,15H2,1-3H3. The Morgan fingerprint density at radius 3 is 2.61 bits per heavy atom. The Morgan fingerprint density at radius 1 is 1.17 bits per heavy atom. The minimum atomic E-state index is -0.751. The van der Waals surface area contributed by atoms with Crippen LogP contribution in [-0.4, -0.2) is 70.2 Å².